The highest BCUT2D eigenvalue weighted by molar-refractivity contribution is 9.10. The molecule has 20 heavy (non-hydrogen) atoms. The number of nitrogens with one attached hydrogen (secondary N) is 1. The van der Waals surface area contributed by atoms with Crippen LogP contribution >= 0.6 is 27.7 Å². The molecule has 1 aromatic heterocycles. The smallest absolute Gasteiger partial charge is 0.322 e. The summed E-state index contributed by atoms with van der Waals surface area (Å²) in [5.41, 5.74) is 2.42. The summed E-state index contributed by atoms with van der Waals surface area (Å²) in [5.74, 6) is 5.64. The van der Waals surface area contributed by atoms with Crippen LogP contribution in [0.2, 0.25) is 0 Å². The van der Waals surface area contributed by atoms with Crippen LogP contribution in [0.25, 0.3) is 0 Å². The standard InChI is InChI=1S/C12H14BrN5OS/c1-2-6-19-11-15-10(18-14)16-12(17-11)20-9-5-3-4-8(13)7-9/h3-5,7H,2,6,14H2,1H3,(H,15,16,17,18). The van der Waals surface area contributed by atoms with Crippen LogP contribution in [0.1, 0.15) is 13.3 Å². The number of nitrogen functional groups attached to an aromatic ring is 1. The van der Waals surface area contributed by atoms with E-state index < -0.39 is 0 Å². The highest BCUT2D eigenvalue weighted by Crippen LogP contribution is 2.28. The van der Waals surface area contributed by atoms with Gasteiger partial charge in [-0.2, -0.15) is 15.0 Å². The number of rotatable bonds is 6. The summed E-state index contributed by atoms with van der Waals surface area (Å²) in [5, 5.41) is 0.525. The van der Waals surface area contributed by atoms with Gasteiger partial charge in [0.2, 0.25) is 11.1 Å². The number of nitrogens with zero attached hydrogens (tertiary/aromatic N) is 3. The van der Waals surface area contributed by atoms with E-state index in [1.807, 2.05) is 31.2 Å². The van der Waals surface area contributed by atoms with Crippen molar-refractivity contribution >= 4 is 33.6 Å². The molecule has 0 fully saturated rings. The lowest BCUT2D eigenvalue weighted by atomic mass is 10.4. The fourth-order valence-electron chi connectivity index (χ4n) is 1.34. The first-order valence-electron chi connectivity index (χ1n) is 6.00. The maximum Gasteiger partial charge on any atom is 0.322 e. The van der Waals surface area contributed by atoms with Crippen LogP contribution in [0.3, 0.4) is 0 Å². The molecule has 8 heteroatoms. The third kappa shape index (κ3) is 4.32. The first-order valence-corrected chi connectivity index (χ1v) is 7.61. The van der Waals surface area contributed by atoms with Crippen molar-refractivity contribution < 1.29 is 4.74 Å². The van der Waals surface area contributed by atoms with Gasteiger partial charge >= 0.3 is 6.01 Å². The molecule has 1 aromatic carbocycles. The highest BCUT2D eigenvalue weighted by atomic mass is 79.9. The van der Waals surface area contributed by atoms with Crippen molar-refractivity contribution in [1.82, 2.24) is 15.0 Å². The second-order valence-electron chi connectivity index (χ2n) is 3.78. The Morgan fingerprint density at radius 3 is 2.90 bits per heavy atom. The zero-order valence-corrected chi connectivity index (χ0v) is 13.2. The van der Waals surface area contributed by atoms with Gasteiger partial charge in [0, 0.05) is 9.37 Å². The summed E-state index contributed by atoms with van der Waals surface area (Å²) < 4.78 is 6.42. The lowest BCUT2D eigenvalue weighted by Gasteiger charge is -2.07. The van der Waals surface area contributed by atoms with E-state index >= 15 is 0 Å². The fraction of sp³-hybridized carbons (Fsp3) is 0.250. The number of halogens is 1. The fourth-order valence-corrected chi connectivity index (χ4v) is 2.69. The van der Waals surface area contributed by atoms with Crippen LogP contribution in [-0.4, -0.2) is 21.6 Å². The third-order valence-electron chi connectivity index (χ3n) is 2.16. The maximum atomic E-state index is 5.42. The largest absolute Gasteiger partial charge is 0.463 e. The average Bonchev–Trinajstić information content (AvgIpc) is 2.45. The number of anilines is 1. The van der Waals surface area contributed by atoms with Crippen molar-refractivity contribution in [2.75, 3.05) is 12.0 Å². The molecule has 0 atom stereocenters. The molecule has 0 saturated carbocycles. The van der Waals surface area contributed by atoms with Gasteiger partial charge in [0.05, 0.1) is 6.61 Å². The molecule has 0 radical (unpaired) electrons. The highest BCUT2D eigenvalue weighted by Gasteiger charge is 2.08. The molecule has 0 bridgehead atoms. The summed E-state index contributed by atoms with van der Waals surface area (Å²) in [6, 6.07) is 8.13. The van der Waals surface area contributed by atoms with Crippen LogP contribution in [0.4, 0.5) is 5.95 Å². The first-order chi connectivity index (χ1) is 9.71. The Kier molecular flexibility index (Phi) is 5.57. The van der Waals surface area contributed by atoms with Crippen LogP contribution in [-0.2, 0) is 0 Å². The summed E-state index contributed by atoms with van der Waals surface area (Å²) in [6.45, 7) is 2.56. The number of nitrogens with two attached hydrogens (primary N) is 1. The van der Waals surface area contributed by atoms with Crippen molar-refractivity contribution in [1.29, 1.82) is 0 Å². The van der Waals surface area contributed by atoms with E-state index in [1.165, 1.54) is 11.8 Å². The second-order valence-corrected chi connectivity index (χ2v) is 5.73. The number of benzene rings is 1. The lowest BCUT2D eigenvalue weighted by Crippen LogP contribution is -2.13. The number of hydrazine groups is 1. The zero-order valence-electron chi connectivity index (χ0n) is 10.8. The van der Waals surface area contributed by atoms with Crippen LogP contribution in [0.5, 0.6) is 6.01 Å². The lowest BCUT2D eigenvalue weighted by molar-refractivity contribution is 0.288. The van der Waals surface area contributed by atoms with Crippen molar-refractivity contribution in [3.05, 3.63) is 28.7 Å². The molecule has 2 rings (SSSR count). The summed E-state index contributed by atoms with van der Waals surface area (Å²) in [6.07, 6.45) is 0.880. The molecule has 3 N–H and O–H groups in total. The molecular formula is C12H14BrN5OS. The third-order valence-corrected chi connectivity index (χ3v) is 3.51. The molecule has 2 aromatic rings. The van der Waals surface area contributed by atoms with Gasteiger partial charge in [0.25, 0.3) is 0 Å². The minimum atomic E-state index is 0.271. The molecule has 0 spiro atoms. The quantitative estimate of drug-likeness (QED) is 0.608. The van der Waals surface area contributed by atoms with E-state index in [2.05, 4.69) is 36.3 Å². The molecule has 0 aliphatic carbocycles. The molecular weight excluding hydrogens is 342 g/mol. The predicted molar refractivity (Wildman–Crippen MR) is 81.7 cm³/mol. The van der Waals surface area contributed by atoms with Gasteiger partial charge in [-0.25, -0.2) is 5.84 Å². The van der Waals surface area contributed by atoms with Crippen LogP contribution < -0.4 is 16.0 Å². The Hall–Kier alpha value is -1.38. The van der Waals surface area contributed by atoms with Gasteiger partial charge in [-0.1, -0.05) is 28.9 Å². The van der Waals surface area contributed by atoms with Crippen LogP contribution in [0.15, 0.2) is 38.8 Å². The van der Waals surface area contributed by atoms with Crippen molar-refractivity contribution in [2.24, 2.45) is 5.84 Å². The van der Waals surface area contributed by atoms with Crippen molar-refractivity contribution in [3.8, 4) is 6.01 Å². The Morgan fingerprint density at radius 1 is 1.35 bits per heavy atom. The molecule has 1 heterocycles. The van der Waals surface area contributed by atoms with E-state index in [0.29, 0.717) is 11.8 Å². The number of ether oxygens (including phenoxy) is 1. The molecule has 0 aliphatic heterocycles. The number of aromatic nitrogens is 3. The monoisotopic (exact) mass is 355 g/mol. The SMILES string of the molecule is CCCOc1nc(NN)nc(Sc2cccc(Br)c2)n1. The molecule has 0 unspecified atom stereocenters. The molecule has 106 valence electrons. The Labute approximate surface area is 129 Å². The van der Waals surface area contributed by atoms with E-state index in [9.17, 15) is 0 Å². The normalized spacial score (nSPS) is 10.3. The number of hydrogen-bond acceptors (Lipinski definition) is 7. The number of hydrogen-bond donors (Lipinski definition) is 2. The minimum absolute atomic E-state index is 0.271. The minimum Gasteiger partial charge on any atom is -0.463 e. The Morgan fingerprint density at radius 2 is 2.20 bits per heavy atom. The summed E-state index contributed by atoms with van der Waals surface area (Å²) in [4.78, 5) is 13.5. The average molecular weight is 356 g/mol. The topological polar surface area (TPSA) is 86.0 Å². The molecule has 0 saturated heterocycles. The Bertz CT molecular complexity index is 584. The van der Waals surface area contributed by atoms with E-state index in [1.54, 1.807) is 0 Å². The summed E-state index contributed by atoms with van der Waals surface area (Å²) >= 11 is 4.84. The van der Waals surface area contributed by atoms with Gasteiger partial charge in [0.1, 0.15) is 0 Å². The van der Waals surface area contributed by atoms with Crippen LogP contribution in [0, 0.1) is 0 Å². The van der Waals surface area contributed by atoms with Gasteiger partial charge in [-0.3, -0.25) is 5.43 Å². The zero-order chi connectivity index (χ0) is 14.4. The van der Waals surface area contributed by atoms with Gasteiger partial charge in [0.15, 0.2) is 0 Å². The maximum absolute atomic E-state index is 5.42. The Balaban J connectivity index is 2.21. The summed E-state index contributed by atoms with van der Waals surface area (Å²) in [7, 11) is 0. The van der Waals surface area contributed by atoms with Gasteiger partial charge in [-0.15, -0.1) is 0 Å². The van der Waals surface area contributed by atoms with Gasteiger partial charge < -0.3 is 4.74 Å². The second kappa shape index (κ2) is 7.41. The first kappa shape index (κ1) is 15.0. The van der Waals surface area contributed by atoms with Gasteiger partial charge in [-0.05, 0) is 36.4 Å². The molecule has 0 aliphatic rings. The molecule has 6 nitrogen and oxygen atoms in total. The van der Waals surface area contributed by atoms with E-state index in [-0.39, 0.29) is 12.0 Å². The van der Waals surface area contributed by atoms with E-state index in [4.69, 9.17) is 10.6 Å². The van der Waals surface area contributed by atoms with Crippen molar-refractivity contribution in [2.45, 2.75) is 23.4 Å². The van der Waals surface area contributed by atoms with E-state index in [0.717, 1.165) is 15.8 Å². The molecule has 0 amide bonds. The van der Waals surface area contributed by atoms with Crippen molar-refractivity contribution in [3.63, 3.8) is 0 Å². The predicted octanol–water partition coefficient (Wildman–Crippen LogP) is 2.86.